The summed E-state index contributed by atoms with van der Waals surface area (Å²) in [6, 6.07) is 6.31. The molecule has 0 radical (unpaired) electrons. The first-order valence-corrected chi connectivity index (χ1v) is 7.62. The van der Waals surface area contributed by atoms with Gasteiger partial charge < -0.3 is 14.6 Å². The summed E-state index contributed by atoms with van der Waals surface area (Å²) in [6.45, 7) is 13.4. The number of rotatable bonds is 1. The fourth-order valence-corrected chi connectivity index (χ4v) is 2.56. The van der Waals surface area contributed by atoms with Gasteiger partial charge in [-0.3, -0.25) is 0 Å². The first kappa shape index (κ1) is 15.4. The Kier molecular flexibility index (Phi) is 4.17. The third kappa shape index (κ3) is 2.47. The van der Waals surface area contributed by atoms with E-state index in [4.69, 9.17) is 9.31 Å². The standard InChI is InChI=1S/C14H20BNO2.C2H6/c1-13(2)14(3,4)18-15(17-13)11-6-5-7-12-10(11)8-9-16-12;1-2/h5-7,16H,8-9H2,1-4H3;1-2H3. The molecule has 1 N–H and O–H groups in total. The predicted molar refractivity (Wildman–Crippen MR) is 85.7 cm³/mol. The predicted octanol–water partition coefficient (Wildman–Crippen LogP) is 2.98. The molecule has 4 heteroatoms. The summed E-state index contributed by atoms with van der Waals surface area (Å²) in [6.07, 6.45) is 1.05. The van der Waals surface area contributed by atoms with Gasteiger partial charge >= 0.3 is 7.12 Å². The molecule has 3 nitrogen and oxygen atoms in total. The van der Waals surface area contributed by atoms with Crippen LogP contribution < -0.4 is 10.8 Å². The van der Waals surface area contributed by atoms with E-state index in [-0.39, 0.29) is 18.3 Å². The van der Waals surface area contributed by atoms with Gasteiger partial charge in [0, 0.05) is 12.2 Å². The average molecular weight is 275 g/mol. The minimum Gasteiger partial charge on any atom is -0.399 e. The van der Waals surface area contributed by atoms with Gasteiger partial charge in [0.2, 0.25) is 0 Å². The van der Waals surface area contributed by atoms with E-state index in [1.54, 1.807) is 0 Å². The number of fused-ring (bicyclic) bond motifs is 1. The second-order valence-corrected chi connectivity index (χ2v) is 6.14. The lowest BCUT2D eigenvalue weighted by Gasteiger charge is -2.32. The highest BCUT2D eigenvalue weighted by atomic mass is 16.7. The van der Waals surface area contributed by atoms with Crippen molar-refractivity contribution in [3.8, 4) is 0 Å². The molecule has 0 aliphatic carbocycles. The molecule has 0 unspecified atom stereocenters. The Morgan fingerprint density at radius 2 is 1.65 bits per heavy atom. The molecule has 0 bridgehead atoms. The lowest BCUT2D eigenvalue weighted by Crippen LogP contribution is -2.41. The smallest absolute Gasteiger partial charge is 0.399 e. The van der Waals surface area contributed by atoms with E-state index in [9.17, 15) is 0 Å². The maximum Gasteiger partial charge on any atom is 0.495 e. The molecule has 2 aliphatic heterocycles. The second kappa shape index (κ2) is 5.42. The van der Waals surface area contributed by atoms with Crippen LogP contribution in [0.2, 0.25) is 0 Å². The van der Waals surface area contributed by atoms with Crippen LogP contribution in [-0.2, 0) is 15.7 Å². The Morgan fingerprint density at radius 1 is 1.05 bits per heavy atom. The molecule has 1 fully saturated rings. The van der Waals surface area contributed by atoms with Crippen molar-refractivity contribution in [1.82, 2.24) is 0 Å². The van der Waals surface area contributed by atoms with Gasteiger partial charge in [-0.1, -0.05) is 26.0 Å². The molecule has 0 atom stereocenters. The summed E-state index contributed by atoms with van der Waals surface area (Å²) >= 11 is 0. The van der Waals surface area contributed by atoms with Crippen LogP contribution >= 0.6 is 0 Å². The van der Waals surface area contributed by atoms with Crippen molar-refractivity contribution in [2.24, 2.45) is 0 Å². The highest BCUT2D eigenvalue weighted by Gasteiger charge is 2.52. The third-order valence-electron chi connectivity index (χ3n) is 4.41. The Bertz CT molecular complexity index is 469. The van der Waals surface area contributed by atoms with Gasteiger partial charge in [0.25, 0.3) is 0 Å². The van der Waals surface area contributed by atoms with Crippen LogP contribution in [0.25, 0.3) is 0 Å². The Balaban J connectivity index is 0.000000704. The van der Waals surface area contributed by atoms with E-state index in [0.717, 1.165) is 13.0 Å². The zero-order valence-corrected chi connectivity index (χ0v) is 13.5. The number of hydrogen-bond acceptors (Lipinski definition) is 3. The molecule has 1 aromatic carbocycles. The monoisotopic (exact) mass is 275 g/mol. The van der Waals surface area contributed by atoms with Crippen LogP contribution in [0.4, 0.5) is 5.69 Å². The molecule has 1 saturated heterocycles. The molecule has 0 amide bonds. The minimum absolute atomic E-state index is 0.246. The van der Waals surface area contributed by atoms with E-state index >= 15 is 0 Å². The SMILES string of the molecule is CC.CC1(C)OB(c2cccc3c2CCN3)OC1(C)C. The van der Waals surface area contributed by atoms with Crippen LogP contribution in [-0.4, -0.2) is 24.9 Å². The number of hydrogen-bond donors (Lipinski definition) is 1. The average Bonchev–Trinajstić information content (AvgIpc) is 2.94. The van der Waals surface area contributed by atoms with Gasteiger partial charge in [-0.2, -0.15) is 0 Å². The van der Waals surface area contributed by atoms with E-state index < -0.39 is 0 Å². The van der Waals surface area contributed by atoms with Crippen LogP contribution in [0.1, 0.15) is 47.1 Å². The summed E-state index contributed by atoms with van der Waals surface area (Å²) in [5, 5.41) is 3.39. The van der Waals surface area contributed by atoms with E-state index in [2.05, 4.69) is 51.2 Å². The zero-order chi connectivity index (χ0) is 15.0. The lowest BCUT2D eigenvalue weighted by atomic mass is 9.75. The molecular weight excluding hydrogens is 249 g/mol. The second-order valence-electron chi connectivity index (χ2n) is 6.14. The number of anilines is 1. The molecule has 2 aliphatic rings. The largest absolute Gasteiger partial charge is 0.495 e. The van der Waals surface area contributed by atoms with Gasteiger partial charge in [-0.05, 0) is 51.2 Å². The normalized spacial score (nSPS) is 21.8. The summed E-state index contributed by atoms with van der Waals surface area (Å²) in [7, 11) is -0.246. The highest BCUT2D eigenvalue weighted by molar-refractivity contribution is 6.62. The van der Waals surface area contributed by atoms with Crippen molar-refractivity contribution < 1.29 is 9.31 Å². The molecule has 20 heavy (non-hydrogen) atoms. The van der Waals surface area contributed by atoms with Gasteiger partial charge in [-0.25, -0.2) is 0 Å². The van der Waals surface area contributed by atoms with Crippen molar-refractivity contribution in [2.45, 2.75) is 59.2 Å². The van der Waals surface area contributed by atoms with Crippen molar-refractivity contribution in [3.05, 3.63) is 23.8 Å². The van der Waals surface area contributed by atoms with Crippen molar-refractivity contribution in [1.29, 1.82) is 0 Å². The number of nitrogens with one attached hydrogen (secondary N) is 1. The maximum atomic E-state index is 6.13. The van der Waals surface area contributed by atoms with Crippen LogP contribution in [0.5, 0.6) is 0 Å². The molecule has 0 aromatic heterocycles. The van der Waals surface area contributed by atoms with Gasteiger partial charge in [0.05, 0.1) is 11.2 Å². The van der Waals surface area contributed by atoms with E-state index in [0.29, 0.717) is 0 Å². The van der Waals surface area contributed by atoms with Crippen LogP contribution in [0, 0.1) is 0 Å². The van der Waals surface area contributed by atoms with Gasteiger partial charge in [-0.15, -0.1) is 0 Å². The summed E-state index contributed by atoms with van der Waals surface area (Å²) in [5.74, 6) is 0. The Hall–Kier alpha value is -0.995. The van der Waals surface area contributed by atoms with E-state index in [1.807, 2.05) is 13.8 Å². The summed E-state index contributed by atoms with van der Waals surface area (Å²) < 4.78 is 12.3. The first-order chi connectivity index (χ1) is 9.41. The molecule has 2 heterocycles. The topological polar surface area (TPSA) is 30.5 Å². The quantitative estimate of drug-likeness (QED) is 0.799. The summed E-state index contributed by atoms with van der Waals surface area (Å²) in [5.41, 5.74) is 3.20. The molecule has 110 valence electrons. The highest BCUT2D eigenvalue weighted by Crippen LogP contribution is 2.37. The minimum atomic E-state index is -0.271. The fraction of sp³-hybridized carbons (Fsp3) is 0.625. The maximum absolute atomic E-state index is 6.13. The van der Waals surface area contributed by atoms with Crippen LogP contribution in [0.15, 0.2) is 18.2 Å². The Labute approximate surface area is 123 Å². The fourth-order valence-electron chi connectivity index (χ4n) is 2.56. The molecule has 0 spiro atoms. The van der Waals surface area contributed by atoms with Crippen molar-refractivity contribution in [2.75, 3.05) is 11.9 Å². The lowest BCUT2D eigenvalue weighted by molar-refractivity contribution is 0.00578. The summed E-state index contributed by atoms with van der Waals surface area (Å²) in [4.78, 5) is 0. The van der Waals surface area contributed by atoms with Gasteiger partial charge in [0.15, 0.2) is 0 Å². The van der Waals surface area contributed by atoms with E-state index in [1.165, 1.54) is 16.7 Å². The molecule has 1 aromatic rings. The van der Waals surface area contributed by atoms with Crippen molar-refractivity contribution in [3.63, 3.8) is 0 Å². The first-order valence-electron chi connectivity index (χ1n) is 7.62. The third-order valence-corrected chi connectivity index (χ3v) is 4.41. The Morgan fingerprint density at radius 3 is 2.25 bits per heavy atom. The molecule has 3 rings (SSSR count). The zero-order valence-electron chi connectivity index (χ0n) is 13.5. The molecular formula is C16H26BNO2. The molecule has 0 saturated carbocycles. The van der Waals surface area contributed by atoms with Gasteiger partial charge in [0.1, 0.15) is 0 Å². The number of benzene rings is 1. The van der Waals surface area contributed by atoms with Crippen LogP contribution in [0.3, 0.4) is 0 Å². The van der Waals surface area contributed by atoms with Crippen molar-refractivity contribution >= 4 is 18.3 Å².